The number of benzene rings is 1. The van der Waals surface area contributed by atoms with Crippen LogP contribution in [0.4, 0.5) is 11.5 Å². The van der Waals surface area contributed by atoms with Crippen molar-refractivity contribution >= 4 is 23.3 Å². The number of hydrogen-bond donors (Lipinski definition) is 1. The van der Waals surface area contributed by atoms with Gasteiger partial charge in [0, 0.05) is 43.8 Å². The molecule has 0 bridgehead atoms. The fourth-order valence-electron chi connectivity index (χ4n) is 4.79. The number of pyridine rings is 2. The summed E-state index contributed by atoms with van der Waals surface area (Å²) in [6.45, 7) is 0.484. The van der Waals surface area contributed by atoms with E-state index >= 15 is 0 Å². The number of aryl methyl sites for hydroxylation is 1. The molecule has 2 aliphatic rings. The van der Waals surface area contributed by atoms with Crippen LogP contribution in [0.1, 0.15) is 24.8 Å². The molecule has 0 radical (unpaired) electrons. The summed E-state index contributed by atoms with van der Waals surface area (Å²) in [5.41, 5.74) is 2.26. The number of anilines is 2. The van der Waals surface area contributed by atoms with Crippen LogP contribution < -0.4 is 15.8 Å². The number of hydrogen-bond acceptors (Lipinski definition) is 5. The fraction of sp³-hybridized carbons (Fsp3) is 0.296. The van der Waals surface area contributed by atoms with Crippen LogP contribution in [0.3, 0.4) is 0 Å². The van der Waals surface area contributed by atoms with Crippen molar-refractivity contribution in [3.8, 4) is 17.2 Å². The second kappa shape index (κ2) is 8.84. The molecule has 5 rings (SSSR count). The van der Waals surface area contributed by atoms with Crippen LogP contribution in [0, 0.1) is 22.7 Å². The van der Waals surface area contributed by atoms with Crippen molar-refractivity contribution < 1.29 is 9.59 Å². The van der Waals surface area contributed by atoms with Gasteiger partial charge in [-0.25, -0.2) is 4.98 Å². The molecule has 0 spiro atoms. The Morgan fingerprint density at radius 3 is 2.74 bits per heavy atom. The van der Waals surface area contributed by atoms with Gasteiger partial charge in [-0.05, 0) is 54.0 Å². The quantitative estimate of drug-likeness (QED) is 0.599. The van der Waals surface area contributed by atoms with Gasteiger partial charge in [-0.3, -0.25) is 14.4 Å². The van der Waals surface area contributed by atoms with E-state index in [1.165, 1.54) is 10.6 Å². The molecule has 1 saturated heterocycles. The smallest absolute Gasteiger partial charge is 0.250 e. The van der Waals surface area contributed by atoms with Crippen molar-refractivity contribution in [3.63, 3.8) is 0 Å². The van der Waals surface area contributed by atoms with E-state index in [2.05, 4.69) is 16.4 Å². The maximum Gasteiger partial charge on any atom is 0.250 e. The third-order valence-electron chi connectivity index (χ3n) is 6.86. The molecule has 2 amide bonds. The summed E-state index contributed by atoms with van der Waals surface area (Å²) in [5.74, 6) is 0.128. The molecule has 176 valence electrons. The van der Waals surface area contributed by atoms with Crippen LogP contribution in [0.5, 0.6) is 0 Å². The molecule has 1 atom stereocenters. The van der Waals surface area contributed by atoms with Gasteiger partial charge in [0.2, 0.25) is 17.4 Å². The fourth-order valence-corrected chi connectivity index (χ4v) is 4.79. The van der Waals surface area contributed by atoms with E-state index in [1.807, 2.05) is 24.3 Å². The average Bonchev–Trinajstić information content (AvgIpc) is 3.65. The minimum atomic E-state index is -0.914. The standard InChI is InChI=1S/C27H25N5O3/c1-31-16-20(5-8-25(31)34)19-4-2-3-18(13-19)14-24(33)30-23-15-22(9-11-29-23)32-12-10-27(17-28,26(32)35)21-6-7-21/h2-5,8-9,11,13,15-16,21H,6-7,10,12,14H2,1H3,(H,29,30,33)/t27-/m1/s1. The highest BCUT2D eigenvalue weighted by molar-refractivity contribution is 6.02. The minimum absolute atomic E-state index is 0.0829. The number of carbonyl (C=O) groups is 2. The van der Waals surface area contributed by atoms with E-state index in [9.17, 15) is 19.6 Å². The molecule has 1 saturated carbocycles. The Morgan fingerprint density at radius 1 is 1.17 bits per heavy atom. The lowest BCUT2D eigenvalue weighted by molar-refractivity contribution is -0.123. The number of nitrogens with zero attached hydrogens (tertiary/aromatic N) is 4. The Balaban J connectivity index is 1.28. The maximum absolute atomic E-state index is 13.1. The van der Waals surface area contributed by atoms with E-state index in [-0.39, 0.29) is 29.7 Å². The van der Waals surface area contributed by atoms with Crippen molar-refractivity contribution in [1.82, 2.24) is 9.55 Å². The summed E-state index contributed by atoms with van der Waals surface area (Å²) in [6, 6.07) is 16.6. The Hall–Kier alpha value is -4.25. The highest BCUT2D eigenvalue weighted by Gasteiger charge is 2.56. The van der Waals surface area contributed by atoms with Gasteiger partial charge < -0.3 is 14.8 Å². The zero-order valence-corrected chi connectivity index (χ0v) is 19.4. The average molecular weight is 468 g/mol. The second-order valence-electron chi connectivity index (χ2n) is 9.26. The molecule has 2 aromatic heterocycles. The Kier molecular flexibility index (Phi) is 5.69. The van der Waals surface area contributed by atoms with Crippen LogP contribution in [-0.2, 0) is 23.1 Å². The number of amides is 2. The molecule has 3 heterocycles. The lowest BCUT2D eigenvalue weighted by atomic mass is 9.83. The van der Waals surface area contributed by atoms with E-state index < -0.39 is 5.41 Å². The van der Waals surface area contributed by atoms with Gasteiger partial charge in [-0.1, -0.05) is 24.3 Å². The maximum atomic E-state index is 13.1. The zero-order valence-electron chi connectivity index (χ0n) is 19.4. The molecule has 0 unspecified atom stereocenters. The molecule has 8 heteroatoms. The van der Waals surface area contributed by atoms with E-state index in [0.717, 1.165) is 29.5 Å². The van der Waals surface area contributed by atoms with Gasteiger partial charge in [-0.2, -0.15) is 5.26 Å². The first-order valence-corrected chi connectivity index (χ1v) is 11.6. The monoisotopic (exact) mass is 467 g/mol. The number of nitriles is 1. The molecular formula is C27H25N5O3. The summed E-state index contributed by atoms with van der Waals surface area (Å²) in [7, 11) is 1.70. The molecular weight excluding hydrogens is 442 g/mol. The Bertz CT molecular complexity index is 1420. The molecule has 35 heavy (non-hydrogen) atoms. The van der Waals surface area contributed by atoms with Crippen LogP contribution in [0.2, 0.25) is 0 Å². The third kappa shape index (κ3) is 4.33. The molecule has 8 nitrogen and oxygen atoms in total. The summed E-state index contributed by atoms with van der Waals surface area (Å²) < 4.78 is 1.52. The topological polar surface area (TPSA) is 108 Å². The predicted octanol–water partition coefficient (Wildman–Crippen LogP) is 3.29. The minimum Gasteiger partial charge on any atom is -0.318 e. The van der Waals surface area contributed by atoms with Crippen molar-refractivity contribution in [3.05, 3.63) is 76.8 Å². The summed E-state index contributed by atoms with van der Waals surface area (Å²) >= 11 is 0. The van der Waals surface area contributed by atoms with Gasteiger partial charge in [0.1, 0.15) is 11.2 Å². The number of nitrogens with one attached hydrogen (secondary N) is 1. The zero-order chi connectivity index (χ0) is 24.6. The van der Waals surface area contributed by atoms with E-state index in [4.69, 9.17) is 0 Å². The molecule has 2 fully saturated rings. The molecule has 1 aliphatic carbocycles. The van der Waals surface area contributed by atoms with E-state index in [1.54, 1.807) is 42.5 Å². The van der Waals surface area contributed by atoms with E-state index in [0.29, 0.717) is 24.5 Å². The first kappa shape index (κ1) is 22.5. The lowest BCUT2D eigenvalue weighted by Gasteiger charge is -2.21. The SMILES string of the molecule is Cn1cc(-c2cccc(CC(=O)Nc3cc(N4CC[C@@](C#N)(C5CC5)C4=O)ccn3)c2)ccc1=O. The van der Waals surface area contributed by atoms with Crippen molar-refractivity contribution in [1.29, 1.82) is 5.26 Å². The molecule has 3 aromatic rings. The largest absolute Gasteiger partial charge is 0.318 e. The number of carbonyl (C=O) groups excluding carboxylic acids is 2. The van der Waals surface area contributed by atoms with Gasteiger partial charge in [-0.15, -0.1) is 0 Å². The first-order valence-electron chi connectivity index (χ1n) is 11.6. The summed E-state index contributed by atoms with van der Waals surface area (Å²) in [5, 5.41) is 12.5. The first-order chi connectivity index (χ1) is 16.9. The van der Waals surface area contributed by atoms with Crippen LogP contribution in [0.15, 0.2) is 65.7 Å². The highest BCUT2D eigenvalue weighted by atomic mass is 16.2. The summed E-state index contributed by atoms with van der Waals surface area (Å²) in [6.07, 6.45) is 5.85. The predicted molar refractivity (Wildman–Crippen MR) is 131 cm³/mol. The van der Waals surface area contributed by atoms with Crippen molar-refractivity contribution in [2.75, 3.05) is 16.8 Å². The third-order valence-corrected chi connectivity index (χ3v) is 6.86. The highest BCUT2D eigenvalue weighted by Crippen LogP contribution is 2.51. The molecule has 1 N–H and O–H groups in total. The Labute approximate surface area is 202 Å². The van der Waals surface area contributed by atoms with Gasteiger partial charge in [0.25, 0.3) is 0 Å². The van der Waals surface area contributed by atoms with Crippen LogP contribution >= 0.6 is 0 Å². The van der Waals surface area contributed by atoms with Gasteiger partial charge in [0.05, 0.1) is 12.5 Å². The normalized spacial score (nSPS) is 19.4. The van der Waals surface area contributed by atoms with Gasteiger partial charge >= 0.3 is 0 Å². The number of rotatable bonds is 6. The van der Waals surface area contributed by atoms with Crippen LogP contribution in [-0.4, -0.2) is 27.9 Å². The van der Waals surface area contributed by atoms with Gasteiger partial charge in [0.15, 0.2) is 0 Å². The van der Waals surface area contributed by atoms with Crippen molar-refractivity contribution in [2.24, 2.45) is 18.4 Å². The van der Waals surface area contributed by atoms with Crippen LogP contribution in [0.25, 0.3) is 11.1 Å². The van der Waals surface area contributed by atoms with Crippen molar-refractivity contribution in [2.45, 2.75) is 25.7 Å². The lowest BCUT2D eigenvalue weighted by Crippen LogP contribution is -2.35. The molecule has 1 aliphatic heterocycles. The number of aromatic nitrogens is 2. The second-order valence-corrected chi connectivity index (χ2v) is 9.26. The summed E-state index contributed by atoms with van der Waals surface area (Å²) in [4.78, 5) is 43.4. The Morgan fingerprint density at radius 2 is 2.00 bits per heavy atom. The molecule has 1 aromatic carbocycles.